The van der Waals surface area contributed by atoms with Crippen LogP contribution in [-0.4, -0.2) is 5.54 Å². The lowest BCUT2D eigenvalue weighted by atomic mass is 9.66. The van der Waals surface area contributed by atoms with Crippen molar-refractivity contribution >= 4 is 0 Å². The fraction of sp³-hybridized carbons (Fsp3) is 0.714. The SMILES string of the molecule is CCCCC1(NCc2ccccc2)CCC(C(C)(C)C)CC1. The van der Waals surface area contributed by atoms with Crippen molar-refractivity contribution in [3.8, 4) is 0 Å². The summed E-state index contributed by atoms with van der Waals surface area (Å²) in [5.74, 6) is 0.890. The second kappa shape index (κ2) is 7.64. The van der Waals surface area contributed by atoms with Gasteiger partial charge >= 0.3 is 0 Å². The molecule has 1 fully saturated rings. The fourth-order valence-electron chi connectivity index (χ4n) is 3.95. The maximum atomic E-state index is 3.96. The van der Waals surface area contributed by atoms with E-state index in [4.69, 9.17) is 0 Å². The molecule has 1 aliphatic carbocycles. The molecule has 0 atom stereocenters. The van der Waals surface area contributed by atoms with Crippen molar-refractivity contribution in [2.75, 3.05) is 0 Å². The van der Waals surface area contributed by atoms with Crippen molar-refractivity contribution in [2.24, 2.45) is 11.3 Å². The first kappa shape index (κ1) is 17.5. The van der Waals surface area contributed by atoms with Crippen LogP contribution in [0.2, 0.25) is 0 Å². The maximum Gasteiger partial charge on any atom is 0.0210 e. The van der Waals surface area contributed by atoms with Gasteiger partial charge in [0, 0.05) is 12.1 Å². The molecule has 0 spiro atoms. The van der Waals surface area contributed by atoms with Crippen LogP contribution < -0.4 is 5.32 Å². The Morgan fingerprint density at radius 1 is 1.09 bits per heavy atom. The van der Waals surface area contributed by atoms with Crippen LogP contribution in [0.25, 0.3) is 0 Å². The Hall–Kier alpha value is -0.820. The summed E-state index contributed by atoms with van der Waals surface area (Å²) in [4.78, 5) is 0. The molecule has 1 aromatic carbocycles. The summed E-state index contributed by atoms with van der Waals surface area (Å²) in [7, 11) is 0. The molecule has 0 radical (unpaired) electrons. The van der Waals surface area contributed by atoms with Gasteiger partial charge in [-0.15, -0.1) is 0 Å². The highest BCUT2D eigenvalue weighted by molar-refractivity contribution is 5.15. The van der Waals surface area contributed by atoms with Crippen LogP contribution in [0.3, 0.4) is 0 Å². The van der Waals surface area contributed by atoms with Gasteiger partial charge in [-0.1, -0.05) is 70.9 Å². The second-order valence-corrected chi connectivity index (χ2v) is 8.36. The minimum absolute atomic E-state index is 0.383. The summed E-state index contributed by atoms with van der Waals surface area (Å²) >= 11 is 0. The van der Waals surface area contributed by atoms with Crippen molar-refractivity contribution < 1.29 is 0 Å². The van der Waals surface area contributed by atoms with Crippen molar-refractivity contribution in [2.45, 2.75) is 84.7 Å². The summed E-state index contributed by atoms with van der Waals surface area (Å²) in [6.07, 6.45) is 9.46. The van der Waals surface area contributed by atoms with E-state index in [0.717, 1.165) is 12.5 Å². The zero-order chi connectivity index (χ0) is 16.1. The molecule has 0 aliphatic heterocycles. The molecule has 1 aromatic rings. The molecular weight excluding hydrogens is 266 g/mol. The molecular formula is C21H35N. The summed E-state index contributed by atoms with van der Waals surface area (Å²) in [6, 6.07) is 10.9. The third-order valence-electron chi connectivity index (χ3n) is 5.69. The lowest BCUT2D eigenvalue weighted by Crippen LogP contribution is -2.48. The summed E-state index contributed by atoms with van der Waals surface area (Å²) in [6.45, 7) is 10.6. The van der Waals surface area contributed by atoms with Gasteiger partial charge in [0.25, 0.3) is 0 Å². The predicted molar refractivity (Wildman–Crippen MR) is 97.0 cm³/mol. The molecule has 0 heterocycles. The zero-order valence-corrected chi connectivity index (χ0v) is 15.1. The van der Waals surface area contributed by atoms with Gasteiger partial charge in [-0.05, 0) is 49.0 Å². The van der Waals surface area contributed by atoms with E-state index in [0.29, 0.717) is 11.0 Å². The van der Waals surface area contributed by atoms with Crippen LogP contribution in [0, 0.1) is 11.3 Å². The quantitative estimate of drug-likeness (QED) is 0.685. The lowest BCUT2D eigenvalue weighted by Gasteiger charge is -2.45. The van der Waals surface area contributed by atoms with E-state index < -0.39 is 0 Å². The molecule has 0 saturated heterocycles. The van der Waals surface area contributed by atoms with Gasteiger partial charge in [-0.2, -0.15) is 0 Å². The molecule has 1 heteroatoms. The third kappa shape index (κ3) is 4.84. The summed E-state index contributed by atoms with van der Waals surface area (Å²) in [5.41, 5.74) is 2.26. The van der Waals surface area contributed by atoms with Crippen molar-refractivity contribution in [3.05, 3.63) is 35.9 Å². The van der Waals surface area contributed by atoms with E-state index in [2.05, 4.69) is 63.3 Å². The molecule has 1 nitrogen and oxygen atoms in total. The molecule has 0 amide bonds. The number of benzene rings is 1. The van der Waals surface area contributed by atoms with Crippen molar-refractivity contribution in [3.63, 3.8) is 0 Å². The first-order chi connectivity index (χ1) is 10.5. The molecule has 0 bridgehead atoms. The predicted octanol–water partition coefficient (Wildman–Crippen LogP) is 5.94. The summed E-state index contributed by atoms with van der Waals surface area (Å²) in [5, 5.41) is 3.96. The van der Waals surface area contributed by atoms with Gasteiger partial charge in [0.15, 0.2) is 0 Å². The average Bonchev–Trinajstić information content (AvgIpc) is 2.52. The summed E-state index contributed by atoms with van der Waals surface area (Å²) < 4.78 is 0. The fourth-order valence-corrected chi connectivity index (χ4v) is 3.95. The highest BCUT2D eigenvalue weighted by Gasteiger charge is 2.37. The van der Waals surface area contributed by atoms with E-state index in [-0.39, 0.29) is 0 Å². The molecule has 0 aromatic heterocycles. The number of unbranched alkanes of at least 4 members (excludes halogenated alkanes) is 1. The van der Waals surface area contributed by atoms with Gasteiger partial charge in [-0.25, -0.2) is 0 Å². The van der Waals surface area contributed by atoms with Crippen molar-refractivity contribution in [1.29, 1.82) is 0 Å². The van der Waals surface area contributed by atoms with Crippen LogP contribution in [0.15, 0.2) is 30.3 Å². The van der Waals surface area contributed by atoms with E-state index in [1.165, 1.54) is 50.5 Å². The molecule has 2 rings (SSSR count). The zero-order valence-electron chi connectivity index (χ0n) is 15.1. The molecule has 124 valence electrons. The highest BCUT2D eigenvalue weighted by atomic mass is 15.0. The van der Waals surface area contributed by atoms with Gasteiger partial charge in [-0.3, -0.25) is 0 Å². The average molecular weight is 302 g/mol. The van der Waals surface area contributed by atoms with Crippen LogP contribution >= 0.6 is 0 Å². The van der Waals surface area contributed by atoms with E-state index in [1.54, 1.807) is 0 Å². The second-order valence-electron chi connectivity index (χ2n) is 8.36. The van der Waals surface area contributed by atoms with Crippen LogP contribution in [0.1, 0.15) is 78.2 Å². The molecule has 1 N–H and O–H groups in total. The lowest BCUT2D eigenvalue weighted by molar-refractivity contribution is 0.106. The Morgan fingerprint density at radius 3 is 2.27 bits per heavy atom. The van der Waals surface area contributed by atoms with Gasteiger partial charge in [0.1, 0.15) is 0 Å². The highest BCUT2D eigenvalue weighted by Crippen LogP contribution is 2.43. The Morgan fingerprint density at radius 2 is 1.73 bits per heavy atom. The van der Waals surface area contributed by atoms with Crippen molar-refractivity contribution in [1.82, 2.24) is 5.32 Å². The molecule has 1 aliphatic rings. The first-order valence-electron chi connectivity index (χ1n) is 9.24. The smallest absolute Gasteiger partial charge is 0.0210 e. The van der Waals surface area contributed by atoms with E-state index in [1.807, 2.05) is 0 Å². The van der Waals surface area contributed by atoms with E-state index >= 15 is 0 Å². The number of hydrogen-bond acceptors (Lipinski definition) is 1. The van der Waals surface area contributed by atoms with Gasteiger partial charge in [0.05, 0.1) is 0 Å². The molecule has 0 unspecified atom stereocenters. The monoisotopic (exact) mass is 301 g/mol. The van der Waals surface area contributed by atoms with Crippen LogP contribution in [-0.2, 0) is 6.54 Å². The largest absolute Gasteiger partial charge is 0.307 e. The third-order valence-corrected chi connectivity index (χ3v) is 5.69. The van der Waals surface area contributed by atoms with Crippen LogP contribution in [0.4, 0.5) is 0 Å². The van der Waals surface area contributed by atoms with E-state index in [9.17, 15) is 0 Å². The number of rotatable bonds is 6. The number of hydrogen-bond donors (Lipinski definition) is 1. The maximum absolute atomic E-state index is 3.96. The minimum Gasteiger partial charge on any atom is -0.307 e. The Bertz CT molecular complexity index is 421. The van der Waals surface area contributed by atoms with Gasteiger partial charge < -0.3 is 5.32 Å². The topological polar surface area (TPSA) is 12.0 Å². The Balaban J connectivity index is 1.97. The number of nitrogens with one attached hydrogen (secondary N) is 1. The normalized spacial score (nSPS) is 26.1. The van der Waals surface area contributed by atoms with Crippen LogP contribution in [0.5, 0.6) is 0 Å². The first-order valence-corrected chi connectivity index (χ1v) is 9.24. The van der Waals surface area contributed by atoms with Gasteiger partial charge in [0.2, 0.25) is 0 Å². The Labute approximate surface area is 137 Å². The molecule has 1 saturated carbocycles. The standard InChI is InChI=1S/C21H35N/c1-5-6-14-21(22-17-18-10-8-7-9-11-18)15-12-19(13-16-21)20(2,3)4/h7-11,19,22H,5-6,12-17H2,1-4H3. The Kier molecular flexibility index (Phi) is 6.09. The molecule has 22 heavy (non-hydrogen) atoms. The minimum atomic E-state index is 0.383.